The number of amides is 3. The van der Waals surface area contributed by atoms with Gasteiger partial charge in [0, 0.05) is 29.0 Å². The van der Waals surface area contributed by atoms with Crippen molar-refractivity contribution in [2.24, 2.45) is 0 Å². The van der Waals surface area contributed by atoms with Crippen LogP contribution < -0.4 is 16.0 Å². The molecule has 3 rings (SSSR count). The highest BCUT2D eigenvalue weighted by Crippen LogP contribution is 2.23. The first-order chi connectivity index (χ1) is 21.7. The summed E-state index contributed by atoms with van der Waals surface area (Å²) >= 11 is 1.65. The average molecular weight is 635 g/mol. The van der Waals surface area contributed by atoms with Gasteiger partial charge in [0.15, 0.2) is 0 Å². The van der Waals surface area contributed by atoms with E-state index in [0.29, 0.717) is 22.1 Å². The summed E-state index contributed by atoms with van der Waals surface area (Å²) in [5, 5.41) is 31.5. The largest absolute Gasteiger partial charge is 0.388 e. The van der Waals surface area contributed by atoms with Gasteiger partial charge in [-0.15, -0.1) is 0 Å². The van der Waals surface area contributed by atoms with Crippen molar-refractivity contribution >= 4 is 29.5 Å². The van der Waals surface area contributed by atoms with Crippen LogP contribution in [0.4, 0.5) is 0 Å². The quantitative estimate of drug-likeness (QED) is 0.142. The first-order valence-corrected chi connectivity index (χ1v) is 16.7. The molecule has 10 heteroatoms. The molecule has 9 nitrogen and oxygen atoms in total. The van der Waals surface area contributed by atoms with E-state index in [9.17, 15) is 24.6 Å². The Labute approximate surface area is 270 Å². The Hall–Kier alpha value is -3.73. The molecule has 2 aromatic carbocycles. The van der Waals surface area contributed by atoms with Crippen LogP contribution in [0.15, 0.2) is 85.2 Å². The molecule has 0 unspecified atom stereocenters. The van der Waals surface area contributed by atoms with Crippen molar-refractivity contribution in [1.82, 2.24) is 20.9 Å². The van der Waals surface area contributed by atoms with Crippen molar-refractivity contribution in [1.29, 1.82) is 0 Å². The Morgan fingerprint density at radius 2 is 1.38 bits per heavy atom. The maximum atomic E-state index is 13.9. The predicted molar refractivity (Wildman–Crippen MR) is 179 cm³/mol. The summed E-state index contributed by atoms with van der Waals surface area (Å²) in [6.07, 6.45) is 4.42. The number of aromatic nitrogens is 1. The number of hydrogen-bond donors (Lipinski definition) is 5. The number of aliphatic hydroxyl groups is 2. The molecule has 242 valence electrons. The number of rotatable bonds is 18. The summed E-state index contributed by atoms with van der Waals surface area (Å²) in [6, 6.07) is 18.6. The molecular weight excluding hydrogens is 588 g/mol. The van der Waals surface area contributed by atoms with Crippen molar-refractivity contribution in [3.05, 3.63) is 102 Å². The third kappa shape index (κ3) is 11.6. The van der Waals surface area contributed by atoms with Crippen LogP contribution in [0.2, 0.25) is 0 Å². The van der Waals surface area contributed by atoms with Crippen LogP contribution in [0, 0.1) is 0 Å². The molecule has 0 aliphatic carbocycles. The third-order valence-electron chi connectivity index (χ3n) is 7.56. The van der Waals surface area contributed by atoms with E-state index in [2.05, 4.69) is 34.8 Å². The minimum atomic E-state index is -1.43. The Bertz CT molecular complexity index is 1310. The number of pyridine rings is 1. The van der Waals surface area contributed by atoms with Crippen LogP contribution in [0.1, 0.15) is 72.7 Å². The highest BCUT2D eigenvalue weighted by molar-refractivity contribution is 7.99. The van der Waals surface area contributed by atoms with Crippen molar-refractivity contribution in [2.75, 3.05) is 5.75 Å². The number of carbonyl (C=O) groups is 3. The summed E-state index contributed by atoms with van der Waals surface area (Å²) in [6.45, 7) is 5.86. The van der Waals surface area contributed by atoms with Gasteiger partial charge in [0.05, 0.1) is 17.6 Å². The fraction of sp³-hybridized carbons (Fsp3) is 0.429. The smallest absolute Gasteiger partial charge is 0.253 e. The minimum Gasteiger partial charge on any atom is -0.388 e. The molecule has 0 fully saturated rings. The van der Waals surface area contributed by atoms with Crippen LogP contribution in [0.5, 0.6) is 0 Å². The summed E-state index contributed by atoms with van der Waals surface area (Å²) in [7, 11) is 0. The molecule has 0 saturated carbocycles. The van der Waals surface area contributed by atoms with E-state index < -0.39 is 42.1 Å². The molecule has 5 atom stereocenters. The van der Waals surface area contributed by atoms with Gasteiger partial charge in [0.2, 0.25) is 5.91 Å². The van der Waals surface area contributed by atoms with Crippen LogP contribution in [0.25, 0.3) is 0 Å². The van der Waals surface area contributed by atoms with E-state index in [1.807, 2.05) is 30.3 Å². The van der Waals surface area contributed by atoms with Gasteiger partial charge in [-0.2, -0.15) is 11.8 Å². The number of thioether (sulfide) groups is 1. The topological polar surface area (TPSA) is 141 Å². The lowest BCUT2D eigenvalue weighted by Crippen LogP contribution is -2.59. The van der Waals surface area contributed by atoms with E-state index in [4.69, 9.17) is 0 Å². The summed E-state index contributed by atoms with van der Waals surface area (Å²) < 4.78 is 0. The second kappa shape index (κ2) is 18.9. The Kier molecular flexibility index (Phi) is 15.0. The monoisotopic (exact) mass is 634 g/mol. The van der Waals surface area contributed by atoms with Gasteiger partial charge in [-0.05, 0) is 56.0 Å². The van der Waals surface area contributed by atoms with Crippen molar-refractivity contribution < 1.29 is 24.6 Å². The van der Waals surface area contributed by atoms with E-state index in [1.54, 1.807) is 67.3 Å². The fourth-order valence-corrected chi connectivity index (χ4v) is 6.52. The number of aliphatic hydroxyl groups excluding tert-OH is 2. The first-order valence-electron chi connectivity index (χ1n) is 15.6. The zero-order chi connectivity index (χ0) is 32.6. The Morgan fingerprint density at radius 3 is 1.98 bits per heavy atom. The number of hydrogen-bond acceptors (Lipinski definition) is 7. The Morgan fingerprint density at radius 1 is 0.778 bits per heavy atom. The molecule has 5 N–H and O–H groups in total. The number of benzene rings is 2. The number of nitrogens with zero attached hydrogens (tertiary/aromatic N) is 1. The van der Waals surface area contributed by atoms with Crippen LogP contribution in [0.3, 0.4) is 0 Å². The van der Waals surface area contributed by atoms with E-state index in [0.717, 1.165) is 31.2 Å². The molecule has 0 aliphatic rings. The van der Waals surface area contributed by atoms with Gasteiger partial charge in [-0.25, -0.2) is 0 Å². The van der Waals surface area contributed by atoms with Gasteiger partial charge in [0.1, 0.15) is 18.2 Å². The highest BCUT2D eigenvalue weighted by atomic mass is 32.2. The van der Waals surface area contributed by atoms with Gasteiger partial charge >= 0.3 is 0 Å². The lowest BCUT2D eigenvalue weighted by molar-refractivity contribution is -0.125. The van der Waals surface area contributed by atoms with Crippen molar-refractivity contribution in [3.8, 4) is 0 Å². The van der Waals surface area contributed by atoms with Gasteiger partial charge in [-0.1, -0.05) is 75.2 Å². The lowest BCUT2D eigenvalue weighted by Gasteiger charge is -2.32. The number of nitrogens with one attached hydrogen (secondary N) is 3. The summed E-state index contributed by atoms with van der Waals surface area (Å²) in [5.41, 5.74) is 1.60. The zero-order valence-electron chi connectivity index (χ0n) is 26.3. The van der Waals surface area contributed by atoms with Crippen LogP contribution in [-0.2, 0) is 11.2 Å². The second-order valence-electron chi connectivity index (χ2n) is 11.2. The Balaban J connectivity index is 1.81. The maximum Gasteiger partial charge on any atom is 0.253 e. The van der Waals surface area contributed by atoms with Crippen molar-refractivity contribution in [2.45, 2.75) is 88.5 Å². The normalized spacial score (nSPS) is 14.5. The highest BCUT2D eigenvalue weighted by Gasteiger charge is 2.34. The molecule has 0 saturated heterocycles. The lowest BCUT2D eigenvalue weighted by atomic mass is 9.94. The summed E-state index contributed by atoms with van der Waals surface area (Å²) in [4.78, 5) is 43.7. The average Bonchev–Trinajstić information content (AvgIpc) is 3.06. The molecule has 45 heavy (non-hydrogen) atoms. The fourth-order valence-electron chi connectivity index (χ4n) is 5.02. The molecule has 1 aromatic heterocycles. The summed E-state index contributed by atoms with van der Waals surface area (Å²) in [5.74, 6) is -0.951. The standard InChI is InChI=1S/C35H46N4O5S/c1-4-13-28(14-5-2)45-23-30(39-34(43)27-19-12-20-36-22-27)35(44)38-29(21-25-15-8-6-9-16-25)32(41)31(40)24(3)37-33(42)26-17-10-7-11-18-26/h6-12,15-20,22,24,28-32,40-41H,4-5,13-14,21,23H2,1-3H3,(H,37,42)(H,38,44)(H,39,43)/t24-,29+,30-,31-,32-/m1/s1. The van der Waals surface area contributed by atoms with Crippen LogP contribution >= 0.6 is 11.8 Å². The predicted octanol–water partition coefficient (Wildman–Crippen LogP) is 4.15. The molecule has 3 aromatic rings. The first kappa shape index (κ1) is 35.7. The van der Waals surface area contributed by atoms with Gasteiger partial charge in [0.25, 0.3) is 11.8 Å². The van der Waals surface area contributed by atoms with Crippen molar-refractivity contribution in [3.63, 3.8) is 0 Å². The second-order valence-corrected chi connectivity index (χ2v) is 12.5. The van der Waals surface area contributed by atoms with Gasteiger partial charge < -0.3 is 26.2 Å². The third-order valence-corrected chi connectivity index (χ3v) is 9.03. The van der Waals surface area contributed by atoms with E-state index >= 15 is 0 Å². The molecule has 0 aliphatic heterocycles. The maximum absolute atomic E-state index is 13.9. The minimum absolute atomic E-state index is 0.217. The SMILES string of the molecule is CCCC(CCC)SC[C@@H](NC(=O)c1cccnc1)C(=O)N[C@@H](Cc1ccccc1)[C@@H](O)[C@H](O)[C@@H](C)NC(=O)c1ccccc1. The number of carbonyl (C=O) groups excluding carboxylic acids is 3. The molecule has 1 heterocycles. The molecule has 0 bridgehead atoms. The molecule has 3 amide bonds. The molecule has 0 radical (unpaired) electrons. The zero-order valence-corrected chi connectivity index (χ0v) is 27.1. The molecule has 0 spiro atoms. The van der Waals surface area contributed by atoms with E-state index in [-0.39, 0.29) is 12.3 Å². The van der Waals surface area contributed by atoms with Crippen LogP contribution in [-0.4, -0.2) is 74.3 Å². The van der Waals surface area contributed by atoms with Gasteiger partial charge in [-0.3, -0.25) is 19.4 Å². The van der Waals surface area contributed by atoms with E-state index in [1.165, 1.54) is 6.20 Å². The molecular formula is C35H46N4O5S.